The molecular formula is C20H18ClN3O2S. The van der Waals surface area contributed by atoms with E-state index in [1.54, 1.807) is 23.6 Å². The molecule has 1 unspecified atom stereocenters. The van der Waals surface area contributed by atoms with Gasteiger partial charge in [-0.1, -0.05) is 29.8 Å². The van der Waals surface area contributed by atoms with E-state index in [1.807, 2.05) is 55.5 Å². The lowest BCUT2D eigenvalue weighted by Gasteiger charge is -2.16. The van der Waals surface area contributed by atoms with Gasteiger partial charge in [-0.15, -0.1) is 11.8 Å². The highest BCUT2D eigenvalue weighted by Crippen LogP contribution is 2.45. The van der Waals surface area contributed by atoms with Gasteiger partial charge in [0.25, 0.3) is 0 Å². The molecule has 2 aromatic carbocycles. The lowest BCUT2D eigenvalue weighted by Crippen LogP contribution is -2.15. The number of ether oxygens (including phenoxy) is 1. The van der Waals surface area contributed by atoms with Gasteiger partial charge in [0.2, 0.25) is 5.91 Å². The second-order valence-electron chi connectivity index (χ2n) is 6.22. The van der Waals surface area contributed by atoms with Crippen LogP contribution < -0.4 is 10.1 Å². The number of nitrogens with one attached hydrogen (secondary N) is 1. The van der Waals surface area contributed by atoms with E-state index in [-0.39, 0.29) is 11.2 Å². The summed E-state index contributed by atoms with van der Waals surface area (Å²) in [5.41, 5.74) is 3.68. The van der Waals surface area contributed by atoms with Gasteiger partial charge in [0, 0.05) is 10.6 Å². The topological polar surface area (TPSA) is 56.1 Å². The average molecular weight is 400 g/mol. The van der Waals surface area contributed by atoms with Gasteiger partial charge < -0.3 is 10.1 Å². The Bertz CT molecular complexity index is 1000. The zero-order valence-electron chi connectivity index (χ0n) is 14.9. The van der Waals surface area contributed by atoms with Crippen LogP contribution in [0.15, 0.2) is 48.5 Å². The number of methoxy groups -OCH3 is 1. The molecule has 0 saturated carbocycles. The molecule has 1 aromatic heterocycles. The molecule has 0 bridgehead atoms. The van der Waals surface area contributed by atoms with E-state index in [4.69, 9.17) is 21.4 Å². The summed E-state index contributed by atoms with van der Waals surface area (Å²) in [6.45, 7) is 1.96. The van der Waals surface area contributed by atoms with Crippen molar-refractivity contribution in [1.82, 2.24) is 9.78 Å². The molecule has 2 heterocycles. The van der Waals surface area contributed by atoms with Crippen molar-refractivity contribution in [3.05, 3.63) is 70.4 Å². The highest BCUT2D eigenvalue weighted by Gasteiger charge is 2.31. The van der Waals surface area contributed by atoms with Crippen LogP contribution in [0.5, 0.6) is 5.75 Å². The molecule has 1 aliphatic heterocycles. The maximum atomic E-state index is 12.4. The van der Waals surface area contributed by atoms with Gasteiger partial charge in [-0.05, 0) is 42.8 Å². The molecule has 1 N–H and O–H groups in total. The maximum Gasteiger partial charge on any atom is 0.235 e. The zero-order chi connectivity index (χ0) is 19.0. The second kappa shape index (κ2) is 7.29. The summed E-state index contributed by atoms with van der Waals surface area (Å²) in [6.07, 6.45) is 0. The summed E-state index contributed by atoms with van der Waals surface area (Å²) in [4.78, 5) is 12.4. The lowest BCUT2D eigenvalue weighted by molar-refractivity contribution is -0.113. The number of carbonyl (C=O) groups excluding carboxylic acids is 1. The molecule has 1 amide bonds. The molecule has 5 nitrogen and oxygen atoms in total. The Morgan fingerprint density at radius 2 is 1.96 bits per heavy atom. The summed E-state index contributed by atoms with van der Waals surface area (Å²) in [7, 11) is 1.63. The van der Waals surface area contributed by atoms with Crippen molar-refractivity contribution in [3.8, 4) is 11.4 Å². The van der Waals surface area contributed by atoms with Crippen molar-refractivity contribution >= 4 is 35.1 Å². The van der Waals surface area contributed by atoms with Crippen molar-refractivity contribution in [3.63, 3.8) is 0 Å². The first-order valence-corrected chi connectivity index (χ1v) is 9.91. The Morgan fingerprint density at radius 1 is 1.22 bits per heavy atom. The first-order valence-electron chi connectivity index (χ1n) is 8.48. The number of thioether (sulfide) groups is 1. The van der Waals surface area contributed by atoms with E-state index < -0.39 is 0 Å². The second-order valence-corrected chi connectivity index (χ2v) is 7.72. The molecule has 1 aliphatic rings. The van der Waals surface area contributed by atoms with Crippen molar-refractivity contribution in [1.29, 1.82) is 0 Å². The Morgan fingerprint density at radius 3 is 2.67 bits per heavy atom. The Balaban J connectivity index is 1.87. The number of rotatable bonds is 3. The number of carbonyl (C=O) groups is 1. The van der Waals surface area contributed by atoms with Crippen molar-refractivity contribution in [2.24, 2.45) is 0 Å². The molecule has 3 aromatic rings. The van der Waals surface area contributed by atoms with E-state index in [9.17, 15) is 4.79 Å². The number of benzene rings is 2. The molecule has 4 rings (SSSR count). The molecule has 0 spiro atoms. The van der Waals surface area contributed by atoms with Crippen LogP contribution in [0.4, 0.5) is 5.82 Å². The third-order valence-electron chi connectivity index (χ3n) is 4.51. The number of fused-ring (bicyclic) bond motifs is 1. The number of aromatic nitrogens is 2. The predicted molar refractivity (Wildman–Crippen MR) is 109 cm³/mol. The van der Waals surface area contributed by atoms with Crippen LogP contribution in [0.2, 0.25) is 5.02 Å². The number of anilines is 1. The van der Waals surface area contributed by atoms with Gasteiger partial charge in [-0.3, -0.25) is 4.79 Å². The first kappa shape index (κ1) is 17.9. The molecule has 138 valence electrons. The highest BCUT2D eigenvalue weighted by molar-refractivity contribution is 8.00. The number of hydrogen-bond acceptors (Lipinski definition) is 4. The van der Waals surface area contributed by atoms with Gasteiger partial charge in [-0.25, -0.2) is 4.68 Å². The average Bonchev–Trinajstić information content (AvgIpc) is 2.88. The van der Waals surface area contributed by atoms with Crippen molar-refractivity contribution < 1.29 is 9.53 Å². The molecular weight excluding hydrogens is 382 g/mol. The Labute approximate surface area is 166 Å². The Hall–Kier alpha value is -2.44. The lowest BCUT2D eigenvalue weighted by atomic mass is 10.0. The first-order chi connectivity index (χ1) is 13.1. The zero-order valence-corrected chi connectivity index (χ0v) is 16.5. The molecule has 0 saturated heterocycles. The SMILES string of the molecule is COc1ccc(-n2nc(C)c3c2NC(=O)CSC3c2ccccc2Cl)cc1. The van der Waals surface area contributed by atoms with Gasteiger partial charge in [0.1, 0.15) is 11.6 Å². The van der Waals surface area contributed by atoms with Crippen LogP contribution in [0.1, 0.15) is 22.1 Å². The fourth-order valence-electron chi connectivity index (χ4n) is 3.23. The minimum Gasteiger partial charge on any atom is -0.497 e. The van der Waals surface area contributed by atoms with Crippen molar-refractivity contribution in [2.75, 3.05) is 18.2 Å². The largest absolute Gasteiger partial charge is 0.497 e. The van der Waals surface area contributed by atoms with Crippen LogP contribution >= 0.6 is 23.4 Å². The molecule has 1 atom stereocenters. The number of hydrogen-bond donors (Lipinski definition) is 1. The van der Waals surface area contributed by atoms with Crippen LogP contribution in [0, 0.1) is 6.92 Å². The Kier molecular flexibility index (Phi) is 4.85. The summed E-state index contributed by atoms with van der Waals surface area (Å²) in [5.74, 6) is 1.76. The number of amides is 1. The number of halogens is 1. The standard InChI is InChI=1S/C20H18ClN3O2S/c1-12-18-19(15-5-3-4-6-16(15)21)27-11-17(25)22-20(18)24(23-12)13-7-9-14(26-2)10-8-13/h3-10,19H,11H2,1-2H3,(H,22,25). The third kappa shape index (κ3) is 3.31. The predicted octanol–water partition coefficient (Wildman–Crippen LogP) is 4.62. The quantitative estimate of drug-likeness (QED) is 0.698. The van der Waals surface area contributed by atoms with Crippen LogP contribution in [0.25, 0.3) is 5.69 Å². The summed E-state index contributed by atoms with van der Waals surface area (Å²) in [6, 6.07) is 15.3. The van der Waals surface area contributed by atoms with Crippen LogP contribution in [-0.4, -0.2) is 28.6 Å². The van der Waals surface area contributed by atoms with Gasteiger partial charge in [-0.2, -0.15) is 5.10 Å². The number of aryl methyl sites for hydroxylation is 1. The number of nitrogens with zero attached hydrogens (tertiary/aromatic N) is 2. The maximum absolute atomic E-state index is 12.4. The molecule has 7 heteroatoms. The van der Waals surface area contributed by atoms with E-state index in [1.165, 1.54) is 0 Å². The highest BCUT2D eigenvalue weighted by atomic mass is 35.5. The fraction of sp³-hybridized carbons (Fsp3) is 0.200. The smallest absolute Gasteiger partial charge is 0.235 e. The van der Waals surface area contributed by atoms with Crippen molar-refractivity contribution in [2.45, 2.75) is 12.2 Å². The minimum atomic E-state index is -0.0698. The molecule has 0 fully saturated rings. The van der Waals surface area contributed by atoms with E-state index in [0.29, 0.717) is 16.6 Å². The van der Waals surface area contributed by atoms with E-state index in [2.05, 4.69) is 5.32 Å². The minimum absolute atomic E-state index is 0.0505. The molecule has 27 heavy (non-hydrogen) atoms. The van der Waals surface area contributed by atoms with E-state index >= 15 is 0 Å². The monoisotopic (exact) mass is 399 g/mol. The summed E-state index contributed by atoms with van der Waals surface area (Å²) in [5, 5.41) is 8.35. The normalized spacial score (nSPS) is 16.4. The molecule has 0 radical (unpaired) electrons. The van der Waals surface area contributed by atoms with Gasteiger partial charge >= 0.3 is 0 Å². The van der Waals surface area contributed by atoms with Gasteiger partial charge in [0.15, 0.2) is 0 Å². The summed E-state index contributed by atoms with van der Waals surface area (Å²) >= 11 is 8.02. The summed E-state index contributed by atoms with van der Waals surface area (Å²) < 4.78 is 7.01. The van der Waals surface area contributed by atoms with E-state index in [0.717, 1.165) is 28.3 Å². The van der Waals surface area contributed by atoms with Crippen LogP contribution in [-0.2, 0) is 4.79 Å². The molecule has 0 aliphatic carbocycles. The third-order valence-corrected chi connectivity index (χ3v) is 6.11. The van der Waals surface area contributed by atoms with Crippen LogP contribution in [0.3, 0.4) is 0 Å². The van der Waals surface area contributed by atoms with Gasteiger partial charge in [0.05, 0.1) is 29.5 Å². The fourth-order valence-corrected chi connectivity index (χ4v) is 4.76.